The molecule has 1 aromatic heterocycles. The Morgan fingerprint density at radius 1 is 1.00 bits per heavy atom. The molecule has 2 heterocycles. The van der Waals surface area contributed by atoms with Crippen molar-refractivity contribution in [1.29, 1.82) is 0 Å². The Morgan fingerprint density at radius 3 is 2.23 bits per heavy atom. The van der Waals surface area contributed by atoms with E-state index >= 15 is 0 Å². The van der Waals surface area contributed by atoms with Crippen molar-refractivity contribution in [1.82, 2.24) is 14.5 Å². The van der Waals surface area contributed by atoms with Gasteiger partial charge >= 0.3 is 0 Å². The van der Waals surface area contributed by atoms with Crippen LogP contribution in [-0.2, 0) is 16.3 Å². The third kappa shape index (κ3) is 2.53. The van der Waals surface area contributed by atoms with Gasteiger partial charge in [-0.15, -0.1) is 0 Å². The molecule has 1 unspecified atom stereocenters. The number of fused-ring (bicyclic) bond motifs is 1. The van der Waals surface area contributed by atoms with Crippen LogP contribution >= 0.6 is 6.42 Å². The molecule has 1 aliphatic rings. The van der Waals surface area contributed by atoms with Gasteiger partial charge in [-0.25, -0.2) is 9.67 Å². The lowest BCUT2D eigenvalue weighted by atomic mass is 10.2. The van der Waals surface area contributed by atoms with Gasteiger partial charge in [0.1, 0.15) is 5.84 Å². The van der Waals surface area contributed by atoms with Gasteiger partial charge in [0.05, 0.1) is 16.7 Å². The van der Waals surface area contributed by atoms with E-state index in [1.54, 1.807) is 7.11 Å². The van der Waals surface area contributed by atoms with Crippen LogP contribution in [0.4, 0.5) is 5.82 Å². The summed E-state index contributed by atoms with van der Waals surface area (Å²) >= 11 is 6.04. The Kier molecular flexibility index (Phi) is 4.27. The van der Waals surface area contributed by atoms with Crippen LogP contribution in [0.1, 0.15) is 11.3 Å². The van der Waals surface area contributed by atoms with E-state index in [0.29, 0.717) is 0 Å². The molecule has 132 valence electrons. The summed E-state index contributed by atoms with van der Waals surface area (Å²) in [7, 11) is 3.63. The fourth-order valence-corrected chi connectivity index (χ4v) is 6.05. The van der Waals surface area contributed by atoms with E-state index < -0.39 is 6.42 Å². The third-order valence-corrected chi connectivity index (χ3v) is 8.77. The lowest BCUT2D eigenvalue weighted by Crippen LogP contribution is -2.34. The second kappa shape index (κ2) is 6.47. The van der Waals surface area contributed by atoms with Gasteiger partial charge < -0.3 is 9.19 Å². The largest absolute Gasteiger partial charge is 0.334 e. The zero-order valence-corrected chi connectivity index (χ0v) is 16.5. The van der Waals surface area contributed by atoms with Crippen molar-refractivity contribution in [2.45, 2.75) is 6.92 Å². The molecule has 0 spiro atoms. The van der Waals surface area contributed by atoms with E-state index in [0.717, 1.165) is 33.9 Å². The van der Waals surface area contributed by atoms with Gasteiger partial charge in [0.25, 0.3) is 0 Å². The van der Waals surface area contributed by atoms with Gasteiger partial charge in [0, 0.05) is 19.7 Å². The van der Waals surface area contributed by atoms with Crippen LogP contribution in [0.2, 0.25) is 0 Å². The zero-order valence-electron chi connectivity index (χ0n) is 14.8. The maximum absolute atomic E-state index is 6.04. The molecule has 0 amide bonds. The molecule has 0 aliphatic carbocycles. The van der Waals surface area contributed by atoms with Gasteiger partial charge in [-0.3, -0.25) is 0 Å². The minimum absolute atomic E-state index is 0.760. The normalized spacial score (nSPS) is 19.2. The highest BCUT2D eigenvalue weighted by molar-refractivity contribution is 8.15. The minimum Gasteiger partial charge on any atom is -0.334 e. The summed E-state index contributed by atoms with van der Waals surface area (Å²) in [6.07, 6.45) is -2.48. The molecule has 3 aromatic rings. The smallest absolute Gasteiger partial charge is 0.192 e. The molecule has 0 saturated heterocycles. The molecule has 26 heavy (non-hydrogen) atoms. The number of aryl methyl sites for hydroxylation is 1. The number of aliphatic imine (C=N–C) groups is 1. The van der Waals surface area contributed by atoms with E-state index in [2.05, 4.69) is 0 Å². The number of benzene rings is 2. The second-order valence-electron chi connectivity index (χ2n) is 6.03. The van der Waals surface area contributed by atoms with E-state index in [9.17, 15) is 0 Å². The van der Waals surface area contributed by atoms with Gasteiger partial charge in [0.2, 0.25) is 0 Å². The zero-order chi connectivity index (χ0) is 18.3. The molecular weight excluding hydrogens is 363 g/mol. The SMILES string of the molecule is COP1(=S)c2c(C)nn(-c3ccccc3)c2N=C(c2ccccc2)N1C. The van der Waals surface area contributed by atoms with Crippen molar-refractivity contribution in [2.75, 3.05) is 14.2 Å². The highest BCUT2D eigenvalue weighted by Gasteiger charge is 2.39. The molecule has 2 aromatic carbocycles. The molecule has 1 atom stereocenters. The maximum atomic E-state index is 6.04. The van der Waals surface area contributed by atoms with Gasteiger partial charge in [-0.2, -0.15) is 5.10 Å². The summed E-state index contributed by atoms with van der Waals surface area (Å²) in [6.45, 7) is 1.97. The predicted octanol–water partition coefficient (Wildman–Crippen LogP) is 3.79. The first-order chi connectivity index (χ1) is 12.6. The average molecular weight is 382 g/mol. The topological polar surface area (TPSA) is 42.6 Å². The summed E-state index contributed by atoms with van der Waals surface area (Å²) in [5, 5.41) is 5.65. The van der Waals surface area contributed by atoms with Crippen LogP contribution in [0.15, 0.2) is 65.7 Å². The summed E-state index contributed by atoms with van der Waals surface area (Å²) in [4.78, 5) is 4.96. The molecule has 7 heteroatoms. The number of nitrogens with zero attached hydrogens (tertiary/aromatic N) is 4. The molecule has 0 radical (unpaired) electrons. The van der Waals surface area contributed by atoms with Crippen molar-refractivity contribution in [3.05, 3.63) is 71.9 Å². The Labute approximate surface area is 158 Å². The molecule has 0 saturated carbocycles. The Bertz CT molecular complexity index is 1030. The number of aromatic nitrogens is 2. The highest BCUT2D eigenvalue weighted by atomic mass is 32.4. The average Bonchev–Trinajstić information content (AvgIpc) is 3.03. The first-order valence-electron chi connectivity index (χ1n) is 8.26. The Hall–Kier alpha value is -2.27. The van der Waals surface area contributed by atoms with E-state index in [4.69, 9.17) is 26.4 Å². The fraction of sp³-hybridized carbons (Fsp3) is 0.158. The summed E-state index contributed by atoms with van der Waals surface area (Å²) < 4.78 is 9.78. The van der Waals surface area contributed by atoms with Crippen molar-refractivity contribution in [2.24, 2.45) is 4.99 Å². The summed E-state index contributed by atoms with van der Waals surface area (Å²) in [5.41, 5.74) is 2.82. The van der Waals surface area contributed by atoms with Crippen LogP contribution in [-0.4, -0.2) is 34.4 Å². The van der Waals surface area contributed by atoms with Crippen LogP contribution < -0.4 is 5.30 Å². The maximum Gasteiger partial charge on any atom is 0.192 e. The monoisotopic (exact) mass is 382 g/mol. The van der Waals surface area contributed by atoms with Gasteiger partial charge in [-0.1, -0.05) is 48.5 Å². The quantitative estimate of drug-likeness (QED) is 0.647. The fourth-order valence-electron chi connectivity index (χ4n) is 3.19. The minimum atomic E-state index is -2.48. The van der Waals surface area contributed by atoms with E-state index in [-0.39, 0.29) is 0 Å². The standard InChI is InChI=1S/C19H19N4OPS/c1-14-17-19(23(21-14)16-12-8-5-9-13-16)20-18(15-10-6-4-7-11-15)22(2)25(17,26)24-3/h4-13H,1-3H3. The molecule has 0 N–H and O–H groups in total. The van der Waals surface area contributed by atoms with Crippen LogP contribution in [0.25, 0.3) is 5.69 Å². The van der Waals surface area contributed by atoms with E-state index in [1.165, 1.54) is 0 Å². The lowest BCUT2D eigenvalue weighted by molar-refractivity contribution is 0.439. The van der Waals surface area contributed by atoms with Gasteiger partial charge in [0.15, 0.2) is 12.2 Å². The number of para-hydroxylation sites is 1. The molecule has 0 bridgehead atoms. The van der Waals surface area contributed by atoms with Crippen molar-refractivity contribution in [3.8, 4) is 5.69 Å². The lowest BCUT2D eigenvalue weighted by Gasteiger charge is -2.36. The highest BCUT2D eigenvalue weighted by Crippen LogP contribution is 2.54. The molecule has 1 aliphatic heterocycles. The second-order valence-corrected chi connectivity index (χ2v) is 9.97. The third-order valence-electron chi connectivity index (χ3n) is 4.48. The van der Waals surface area contributed by atoms with Crippen LogP contribution in [0, 0.1) is 6.92 Å². The predicted molar refractivity (Wildman–Crippen MR) is 110 cm³/mol. The Morgan fingerprint density at radius 2 is 1.62 bits per heavy atom. The van der Waals surface area contributed by atoms with Crippen molar-refractivity contribution < 1.29 is 4.52 Å². The number of hydrogen-bond donors (Lipinski definition) is 0. The first kappa shape index (κ1) is 17.2. The van der Waals surface area contributed by atoms with Crippen LogP contribution in [0.3, 0.4) is 0 Å². The summed E-state index contributed by atoms with van der Waals surface area (Å²) in [5.74, 6) is 1.57. The van der Waals surface area contributed by atoms with Gasteiger partial charge in [-0.05, 0) is 30.9 Å². The van der Waals surface area contributed by atoms with Crippen molar-refractivity contribution in [3.63, 3.8) is 0 Å². The first-order valence-corrected chi connectivity index (χ1v) is 10.9. The molecule has 0 fully saturated rings. The number of hydrogen-bond acceptors (Lipinski definition) is 4. The molecular formula is C19H19N4OPS. The molecule has 4 rings (SSSR count). The number of rotatable bonds is 3. The van der Waals surface area contributed by atoms with E-state index in [1.807, 2.05) is 84.0 Å². The number of amidine groups is 1. The van der Waals surface area contributed by atoms with Crippen molar-refractivity contribution >= 4 is 35.2 Å². The molecule has 5 nitrogen and oxygen atoms in total. The summed E-state index contributed by atoms with van der Waals surface area (Å²) in [6, 6.07) is 20.0. The Balaban J connectivity index is 2.02. The van der Waals surface area contributed by atoms with Crippen LogP contribution in [0.5, 0.6) is 0 Å².